The number of hydrogen-bond acceptors (Lipinski definition) is 3. The van der Waals surface area contributed by atoms with Gasteiger partial charge in [0.05, 0.1) is 15.4 Å². The molecule has 1 unspecified atom stereocenters. The van der Waals surface area contributed by atoms with Crippen LogP contribution in [-0.4, -0.2) is 10.1 Å². The Morgan fingerprint density at radius 2 is 2.05 bits per heavy atom. The monoisotopic (exact) mass is 347 g/mol. The van der Waals surface area contributed by atoms with Crippen molar-refractivity contribution in [2.75, 3.05) is 0 Å². The highest BCUT2D eigenvalue weighted by molar-refractivity contribution is 9.11. The first-order valence-corrected chi connectivity index (χ1v) is 8.02. The summed E-state index contributed by atoms with van der Waals surface area (Å²) in [5.74, 6) is 0. The predicted molar refractivity (Wildman–Crippen MR) is 87.2 cm³/mol. The lowest BCUT2D eigenvalue weighted by Crippen LogP contribution is -2.00. The van der Waals surface area contributed by atoms with Crippen molar-refractivity contribution in [3.05, 3.63) is 62.4 Å². The van der Waals surface area contributed by atoms with Crippen molar-refractivity contribution in [1.82, 2.24) is 4.98 Å². The Morgan fingerprint density at radius 3 is 2.80 bits per heavy atom. The van der Waals surface area contributed by atoms with E-state index in [0.29, 0.717) is 6.42 Å². The van der Waals surface area contributed by atoms with Crippen LogP contribution >= 0.6 is 27.3 Å². The van der Waals surface area contributed by atoms with Gasteiger partial charge >= 0.3 is 0 Å². The molecule has 2 aromatic heterocycles. The molecule has 1 N–H and O–H groups in total. The molecule has 4 heteroatoms. The molecule has 0 aliphatic carbocycles. The third-order valence-electron chi connectivity index (χ3n) is 3.26. The molecule has 0 aliphatic rings. The smallest absolute Gasteiger partial charge is 0.0838 e. The van der Waals surface area contributed by atoms with E-state index in [9.17, 15) is 5.11 Å². The van der Waals surface area contributed by atoms with E-state index in [2.05, 4.69) is 27.0 Å². The van der Waals surface area contributed by atoms with E-state index in [0.717, 1.165) is 25.9 Å². The highest BCUT2D eigenvalue weighted by Crippen LogP contribution is 2.28. The first-order chi connectivity index (χ1) is 9.61. The number of aryl methyl sites for hydroxylation is 1. The van der Waals surface area contributed by atoms with Gasteiger partial charge in [0.1, 0.15) is 0 Å². The van der Waals surface area contributed by atoms with Crippen molar-refractivity contribution >= 4 is 38.2 Å². The summed E-state index contributed by atoms with van der Waals surface area (Å²) in [6.07, 6.45) is 0.160. The van der Waals surface area contributed by atoms with Gasteiger partial charge in [-0.1, -0.05) is 12.1 Å². The van der Waals surface area contributed by atoms with Gasteiger partial charge in [-0.25, -0.2) is 0 Å². The van der Waals surface area contributed by atoms with Crippen LogP contribution in [-0.2, 0) is 6.42 Å². The maximum atomic E-state index is 10.4. The lowest BCUT2D eigenvalue weighted by molar-refractivity contribution is 0.179. The zero-order valence-electron chi connectivity index (χ0n) is 11.0. The molecular formula is C16H14BrNOS. The third kappa shape index (κ3) is 2.92. The minimum absolute atomic E-state index is 0.480. The second-order valence-corrected chi connectivity index (χ2v) is 7.38. The van der Waals surface area contributed by atoms with Crippen molar-refractivity contribution in [2.45, 2.75) is 19.4 Å². The average molecular weight is 348 g/mol. The number of aromatic nitrogens is 1. The van der Waals surface area contributed by atoms with Crippen LogP contribution in [0.3, 0.4) is 0 Å². The number of halogens is 1. The number of fused-ring (bicyclic) bond motifs is 1. The quantitative estimate of drug-likeness (QED) is 0.748. The molecule has 0 bridgehead atoms. The molecule has 0 fully saturated rings. The van der Waals surface area contributed by atoms with Crippen molar-refractivity contribution in [3.8, 4) is 0 Å². The molecule has 2 heterocycles. The number of aliphatic hydroxyl groups excluding tert-OH is 1. The number of pyridine rings is 1. The summed E-state index contributed by atoms with van der Waals surface area (Å²) in [6, 6.07) is 14.1. The van der Waals surface area contributed by atoms with Gasteiger partial charge in [0.25, 0.3) is 0 Å². The number of rotatable bonds is 3. The van der Waals surface area contributed by atoms with Crippen LogP contribution in [0.5, 0.6) is 0 Å². The number of aliphatic hydroxyl groups is 1. The van der Waals surface area contributed by atoms with Gasteiger partial charge in [0.15, 0.2) is 0 Å². The molecule has 0 saturated carbocycles. The fraction of sp³-hybridized carbons (Fsp3) is 0.188. The van der Waals surface area contributed by atoms with Gasteiger partial charge in [-0.2, -0.15) is 0 Å². The molecule has 0 radical (unpaired) electrons. The lowest BCUT2D eigenvalue weighted by Gasteiger charge is -2.11. The maximum absolute atomic E-state index is 10.4. The summed E-state index contributed by atoms with van der Waals surface area (Å²) in [7, 11) is 0. The van der Waals surface area contributed by atoms with Crippen molar-refractivity contribution in [1.29, 1.82) is 0 Å². The fourth-order valence-corrected chi connectivity index (χ4v) is 3.74. The fourth-order valence-electron chi connectivity index (χ4n) is 2.22. The standard InChI is InChI=1S/C16H14BrNOS/c1-10-2-3-11-8-12(4-6-14(11)18-10)15(19)9-13-5-7-16(17)20-13/h2-8,15,19H,9H2,1H3. The second-order valence-electron chi connectivity index (χ2n) is 4.83. The van der Waals surface area contributed by atoms with Crippen LogP contribution in [0.4, 0.5) is 0 Å². The van der Waals surface area contributed by atoms with E-state index in [1.807, 2.05) is 43.3 Å². The zero-order valence-corrected chi connectivity index (χ0v) is 13.4. The van der Waals surface area contributed by atoms with E-state index < -0.39 is 6.10 Å². The summed E-state index contributed by atoms with van der Waals surface area (Å²) in [4.78, 5) is 5.65. The Morgan fingerprint density at radius 1 is 1.20 bits per heavy atom. The summed E-state index contributed by atoms with van der Waals surface area (Å²) >= 11 is 5.11. The summed E-state index contributed by atoms with van der Waals surface area (Å²) in [5.41, 5.74) is 2.92. The van der Waals surface area contributed by atoms with Gasteiger partial charge in [0.2, 0.25) is 0 Å². The SMILES string of the molecule is Cc1ccc2cc(C(O)Cc3ccc(Br)s3)ccc2n1. The Labute approximate surface area is 130 Å². The molecule has 0 saturated heterocycles. The molecule has 102 valence electrons. The average Bonchev–Trinajstić information content (AvgIpc) is 2.83. The topological polar surface area (TPSA) is 33.1 Å². The van der Waals surface area contributed by atoms with E-state index >= 15 is 0 Å². The first kappa shape index (κ1) is 13.7. The minimum Gasteiger partial charge on any atom is -0.388 e. The number of nitrogens with zero attached hydrogens (tertiary/aromatic N) is 1. The van der Waals surface area contributed by atoms with Crippen molar-refractivity contribution in [3.63, 3.8) is 0 Å². The Kier molecular flexibility index (Phi) is 3.87. The van der Waals surface area contributed by atoms with Gasteiger partial charge in [0, 0.05) is 22.4 Å². The molecule has 0 amide bonds. The summed E-state index contributed by atoms with van der Waals surface area (Å²) in [5, 5.41) is 11.4. The van der Waals surface area contributed by atoms with Crippen LogP contribution in [0, 0.1) is 6.92 Å². The molecule has 3 aromatic rings. The Bertz CT molecular complexity index is 753. The normalized spacial score (nSPS) is 12.8. The van der Waals surface area contributed by atoms with Crippen molar-refractivity contribution < 1.29 is 5.11 Å². The predicted octanol–water partition coefficient (Wildman–Crippen LogP) is 4.64. The van der Waals surface area contributed by atoms with Gasteiger partial charge in [-0.15, -0.1) is 11.3 Å². The van der Waals surface area contributed by atoms with E-state index in [4.69, 9.17) is 0 Å². The van der Waals surface area contributed by atoms with Gasteiger partial charge < -0.3 is 5.11 Å². The number of hydrogen-bond donors (Lipinski definition) is 1. The van der Waals surface area contributed by atoms with Crippen molar-refractivity contribution in [2.24, 2.45) is 0 Å². The molecule has 1 atom stereocenters. The molecule has 0 aliphatic heterocycles. The van der Waals surface area contributed by atoms with E-state index in [-0.39, 0.29) is 0 Å². The van der Waals surface area contributed by atoms with E-state index in [1.165, 1.54) is 4.88 Å². The molecule has 0 spiro atoms. The third-order valence-corrected chi connectivity index (χ3v) is 4.91. The molecule has 1 aromatic carbocycles. The van der Waals surface area contributed by atoms with Gasteiger partial charge in [-0.05, 0) is 58.7 Å². The summed E-state index contributed by atoms with van der Waals surface area (Å²) < 4.78 is 1.10. The highest BCUT2D eigenvalue weighted by atomic mass is 79.9. The molecule has 2 nitrogen and oxygen atoms in total. The molecule has 20 heavy (non-hydrogen) atoms. The molecule has 3 rings (SSSR count). The van der Waals surface area contributed by atoms with Crippen LogP contribution in [0.1, 0.15) is 22.2 Å². The molecular weight excluding hydrogens is 334 g/mol. The second kappa shape index (κ2) is 5.64. The number of benzene rings is 1. The Hall–Kier alpha value is -1.23. The maximum Gasteiger partial charge on any atom is 0.0838 e. The Balaban J connectivity index is 1.87. The highest BCUT2D eigenvalue weighted by Gasteiger charge is 2.11. The zero-order chi connectivity index (χ0) is 14.1. The largest absolute Gasteiger partial charge is 0.388 e. The van der Waals surface area contributed by atoms with E-state index in [1.54, 1.807) is 11.3 Å². The number of thiophene rings is 1. The minimum atomic E-state index is -0.480. The summed E-state index contributed by atoms with van der Waals surface area (Å²) in [6.45, 7) is 1.98. The lowest BCUT2D eigenvalue weighted by atomic mass is 10.0. The first-order valence-electron chi connectivity index (χ1n) is 6.41. The van der Waals surface area contributed by atoms with Gasteiger partial charge in [-0.3, -0.25) is 4.98 Å². The van der Waals surface area contributed by atoms with Crippen LogP contribution in [0.25, 0.3) is 10.9 Å². The van der Waals surface area contributed by atoms with Crippen LogP contribution in [0.15, 0.2) is 46.3 Å². The van der Waals surface area contributed by atoms with Crippen LogP contribution in [0.2, 0.25) is 0 Å². The van der Waals surface area contributed by atoms with Crippen LogP contribution < -0.4 is 0 Å².